The third-order valence-corrected chi connectivity index (χ3v) is 8.07. The van der Waals surface area contributed by atoms with Gasteiger partial charge in [-0.3, -0.25) is 14.3 Å². The average Bonchev–Trinajstić information content (AvgIpc) is 3.53. The van der Waals surface area contributed by atoms with Crippen molar-refractivity contribution in [1.82, 2.24) is 9.78 Å². The van der Waals surface area contributed by atoms with Crippen LogP contribution in [-0.4, -0.2) is 38.7 Å². The number of amides is 2. The van der Waals surface area contributed by atoms with Crippen molar-refractivity contribution in [3.8, 4) is 10.4 Å². The summed E-state index contributed by atoms with van der Waals surface area (Å²) in [5.41, 5.74) is 2.22. The van der Waals surface area contributed by atoms with Crippen molar-refractivity contribution >= 4 is 40.5 Å². The molecule has 0 radical (unpaired) electrons. The Balaban J connectivity index is 1.57. The number of aromatic nitrogens is 2. The maximum absolute atomic E-state index is 13.5. The summed E-state index contributed by atoms with van der Waals surface area (Å²) in [7, 11) is 0. The molecule has 196 valence electrons. The Labute approximate surface area is 221 Å². The number of hydrogen-bond donors (Lipinski definition) is 2. The van der Waals surface area contributed by atoms with Crippen LogP contribution in [0.4, 0.5) is 11.4 Å². The number of nitrogens with one attached hydrogen (secondary N) is 1. The van der Waals surface area contributed by atoms with Crippen molar-refractivity contribution in [2.24, 2.45) is 11.8 Å². The molecule has 1 fully saturated rings. The predicted molar refractivity (Wildman–Crippen MR) is 146 cm³/mol. The number of nitrogens with zero attached hydrogens (tertiary/aromatic N) is 3. The largest absolute Gasteiger partial charge is 0.477 e. The average molecular weight is 523 g/mol. The van der Waals surface area contributed by atoms with Crippen LogP contribution in [0.15, 0.2) is 42.6 Å². The Morgan fingerprint density at radius 1 is 1.14 bits per heavy atom. The van der Waals surface area contributed by atoms with Crippen LogP contribution in [0, 0.1) is 11.8 Å². The highest BCUT2D eigenvalue weighted by molar-refractivity contribution is 7.18. The maximum atomic E-state index is 13.5. The summed E-state index contributed by atoms with van der Waals surface area (Å²) < 4.78 is 1.69. The first-order valence-electron chi connectivity index (χ1n) is 12.8. The van der Waals surface area contributed by atoms with Gasteiger partial charge in [0.25, 0.3) is 5.91 Å². The van der Waals surface area contributed by atoms with Gasteiger partial charge in [0.1, 0.15) is 4.88 Å². The van der Waals surface area contributed by atoms with E-state index in [1.54, 1.807) is 34.0 Å². The zero-order valence-corrected chi connectivity index (χ0v) is 22.5. The van der Waals surface area contributed by atoms with Crippen LogP contribution >= 0.6 is 11.3 Å². The van der Waals surface area contributed by atoms with E-state index in [0.717, 1.165) is 47.5 Å². The number of carboxylic acid groups (broad SMARTS) is 1. The zero-order chi connectivity index (χ0) is 26.7. The van der Waals surface area contributed by atoms with Gasteiger partial charge in [0.2, 0.25) is 5.91 Å². The lowest BCUT2D eigenvalue weighted by Crippen LogP contribution is -2.42. The van der Waals surface area contributed by atoms with Crippen LogP contribution in [0.5, 0.6) is 0 Å². The molecule has 3 aromatic rings. The Bertz CT molecular complexity index is 1270. The van der Waals surface area contributed by atoms with Gasteiger partial charge < -0.3 is 15.3 Å². The van der Waals surface area contributed by atoms with Crippen molar-refractivity contribution in [2.45, 2.75) is 66.0 Å². The number of aryl methyl sites for hydroxylation is 1. The highest BCUT2D eigenvalue weighted by Gasteiger charge is 2.33. The number of anilines is 2. The Morgan fingerprint density at radius 2 is 1.81 bits per heavy atom. The summed E-state index contributed by atoms with van der Waals surface area (Å²) in [6, 6.07) is 10.5. The molecule has 0 bridgehead atoms. The van der Waals surface area contributed by atoms with E-state index in [1.165, 1.54) is 0 Å². The van der Waals surface area contributed by atoms with Gasteiger partial charge in [-0.05, 0) is 82.2 Å². The molecule has 1 aromatic carbocycles. The Hall–Kier alpha value is -3.46. The van der Waals surface area contributed by atoms with Crippen LogP contribution < -0.4 is 10.2 Å². The molecule has 4 rings (SSSR count). The summed E-state index contributed by atoms with van der Waals surface area (Å²) in [6.45, 7) is 8.69. The molecule has 2 N–H and O–H groups in total. The Morgan fingerprint density at radius 3 is 2.38 bits per heavy atom. The number of carbonyl (C=O) groups excluding carboxylic acids is 2. The molecule has 9 heteroatoms. The van der Waals surface area contributed by atoms with Crippen LogP contribution in [0.2, 0.25) is 0 Å². The van der Waals surface area contributed by atoms with Crippen molar-refractivity contribution < 1.29 is 19.5 Å². The fraction of sp³-hybridized carbons (Fsp3) is 0.429. The monoisotopic (exact) mass is 522 g/mol. The van der Waals surface area contributed by atoms with Crippen molar-refractivity contribution in [3.63, 3.8) is 0 Å². The second kappa shape index (κ2) is 11.3. The van der Waals surface area contributed by atoms with E-state index in [4.69, 9.17) is 0 Å². The number of carboxylic acids is 1. The first kappa shape index (κ1) is 26.6. The van der Waals surface area contributed by atoms with E-state index in [2.05, 4.69) is 17.3 Å². The van der Waals surface area contributed by atoms with Gasteiger partial charge in [-0.15, -0.1) is 11.3 Å². The highest BCUT2D eigenvalue weighted by atomic mass is 32.1. The second-order valence-corrected chi connectivity index (χ2v) is 11.0. The van der Waals surface area contributed by atoms with Gasteiger partial charge in [0.05, 0.1) is 5.69 Å². The van der Waals surface area contributed by atoms with Gasteiger partial charge in [-0.2, -0.15) is 5.10 Å². The van der Waals surface area contributed by atoms with Gasteiger partial charge in [0.15, 0.2) is 5.69 Å². The second-order valence-electron chi connectivity index (χ2n) is 9.98. The fourth-order valence-electron chi connectivity index (χ4n) is 4.78. The topological polar surface area (TPSA) is 105 Å². The number of rotatable bonds is 8. The SMILES string of the molecule is CCn1ccc(C(=O)Nc2ccc(-c3cc(N(C(=O)[C@H]4CC[C@H](C)CC4)C(C)C)c(C(=O)O)s3)cc2)n1. The van der Waals surface area contributed by atoms with Crippen molar-refractivity contribution in [3.05, 3.63) is 53.2 Å². The minimum atomic E-state index is -1.04. The first-order chi connectivity index (χ1) is 17.7. The van der Waals surface area contributed by atoms with Crippen molar-refractivity contribution in [1.29, 1.82) is 0 Å². The minimum absolute atomic E-state index is 0.0114. The third kappa shape index (κ3) is 5.93. The van der Waals surface area contributed by atoms with Gasteiger partial charge >= 0.3 is 5.97 Å². The molecule has 0 spiro atoms. The van der Waals surface area contributed by atoms with E-state index in [0.29, 0.717) is 29.5 Å². The smallest absolute Gasteiger partial charge is 0.348 e. The number of hydrogen-bond acceptors (Lipinski definition) is 5. The standard InChI is InChI=1S/C28H34N4O4S/c1-5-31-15-14-22(30-31)26(33)29-21-12-10-19(11-13-21)24-16-23(25(37-24)28(35)36)32(17(2)3)27(34)20-8-6-18(4)7-9-20/h10-18,20H,5-9H2,1-4H3,(H,29,33)(H,35,36)/t18-,20-. The van der Waals surface area contributed by atoms with Crippen molar-refractivity contribution in [2.75, 3.05) is 10.2 Å². The third-order valence-electron chi connectivity index (χ3n) is 6.91. The summed E-state index contributed by atoms with van der Waals surface area (Å²) >= 11 is 1.16. The molecular weight excluding hydrogens is 488 g/mol. The summed E-state index contributed by atoms with van der Waals surface area (Å²) in [5, 5.41) is 17.0. The quantitative estimate of drug-likeness (QED) is 0.369. The van der Waals surface area contributed by atoms with E-state index in [1.807, 2.05) is 39.0 Å². The molecule has 8 nitrogen and oxygen atoms in total. The molecule has 0 saturated heterocycles. The number of aromatic carboxylic acids is 1. The predicted octanol–water partition coefficient (Wildman–Crippen LogP) is 6.15. The zero-order valence-electron chi connectivity index (χ0n) is 21.7. The van der Waals surface area contributed by atoms with Crippen LogP contribution in [0.1, 0.15) is 73.5 Å². The summed E-state index contributed by atoms with van der Waals surface area (Å²) in [5.74, 6) is -0.778. The fourth-order valence-corrected chi connectivity index (χ4v) is 5.78. The van der Waals surface area contributed by atoms with Crippen LogP contribution in [0.25, 0.3) is 10.4 Å². The van der Waals surface area contributed by atoms with Gasteiger partial charge in [0, 0.05) is 35.3 Å². The highest BCUT2D eigenvalue weighted by Crippen LogP contribution is 2.40. The molecule has 0 atom stereocenters. The molecule has 0 aliphatic heterocycles. The molecular formula is C28H34N4O4S. The summed E-state index contributed by atoms with van der Waals surface area (Å²) in [6.07, 6.45) is 5.48. The van der Waals surface area contributed by atoms with E-state index in [-0.39, 0.29) is 28.7 Å². The minimum Gasteiger partial charge on any atom is -0.477 e. The number of thiophene rings is 1. The lowest BCUT2D eigenvalue weighted by atomic mass is 9.82. The molecule has 37 heavy (non-hydrogen) atoms. The van der Waals surface area contributed by atoms with Gasteiger partial charge in [-0.1, -0.05) is 19.1 Å². The Kier molecular flexibility index (Phi) is 8.12. The molecule has 2 heterocycles. The lowest BCUT2D eigenvalue weighted by Gasteiger charge is -2.33. The van der Waals surface area contributed by atoms with E-state index in [9.17, 15) is 19.5 Å². The molecule has 1 saturated carbocycles. The number of benzene rings is 1. The van der Waals surface area contributed by atoms with E-state index >= 15 is 0 Å². The molecule has 2 amide bonds. The van der Waals surface area contributed by atoms with Gasteiger partial charge in [-0.25, -0.2) is 4.79 Å². The van der Waals surface area contributed by atoms with Crippen LogP contribution in [-0.2, 0) is 11.3 Å². The number of carbonyl (C=O) groups is 3. The van der Waals surface area contributed by atoms with E-state index < -0.39 is 5.97 Å². The molecule has 0 unspecified atom stereocenters. The summed E-state index contributed by atoms with van der Waals surface area (Å²) in [4.78, 5) is 40.8. The maximum Gasteiger partial charge on any atom is 0.348 e. The molecule has 1 aliphatic carbocycles. The lowest BCUT2D eigenvalue weighted by molar-refractivity contribution is -0.123. The molecule has 1 aliphatic rings. The normalized spacial score (nSPS) is 17.5. The first-order valence-corrected chi connectivity index (χ1v) is 13.6. The van der Waals surface area contributed by atoms with Crippen LogP contribution in [0.3, 0.4) is 0 Å². The molecule has 2 aromatic heterocycles.